The van der Waals surface area contributed by atoms with Gasteiger partial charge < -0.3 is 23.9 Å². The number of rotatable bonds is 4. The monoisotopic (exact) mass is 413 g/mol. The number of hydrogen-bond acceptors (Lipinski definition) is 6. The summed E-state index contributed by atoms with van der Waals surface area (Å²) in [6.07, 6.45) is 0.0361. The summed E-state index contributed by atoms with van der Waals surface area (Å²) in [5, 5.41) is 11.1. The number of likely N-dealkylation sites (tertiary alicyclic amines) is 1. The molecule has 1 aliphatic heterocycles. The normalized spacial score (nSPS) is 19.8. The van der Waals surface area contributed by atoms with Gasteiger partial charge in [0.2, 0.25) is 0 Å². The van der Waals surface area contributed by atoms with Crippen molar-refractivity contribution in [2.75, 3.05) is 34.4 Å². The molecule has 2 aromatic carbocycles. The molecule has 0 aliphatic carbocycles. The minimum Gasteiger partial charge on any atom is -0.496 e. The van der Waals surface area contributed by atoms with Gasteiger partial charge in [0.25, 0.3) is 0 Å². The van der Waals surface area contributed by atoms with Gasteiger partial charge >= 0.3 is 0 Å². The molecule has 1 aromatic heterocycles. The van der Waals surface area contributed by atoms with E-state index >= 15 is 0 Å². The maximum Gasteiger partial charge on any atom is 0.197 e. The van der Waals surface area contributed by atoms with Gasteiger partial charge in [0.15, 0.2) is 5.43 Å². The van der Waals surface area contributed by atoms with Crippen molar-refractivity contribution in [2.24, 2.45) is 0 Å². The highest BCUT2D eigenvalue weighted by Gasteiger charge is 2.33. The van der Waals surface area contributed by atoms with Gasteiger partial charge in [-0.2, -0.15) is 0 Å². The van der Waals surface area contributed by atoms with E-state index in [0.717, 1.165) is 6.54 Å². The number of likely N-dealkylation sites (N-methyl/N-ethyl adjacent to an activating group) is 1. The van der Waals surface area contributed by atoms with Gasteiger partial charge in [-0.15, -0.1) is 0 Å². The average Bonchev–Trinajstić information content (AvgIpc) is 2.73. The highest BCUT2D eigenvalue weighted by Crippen LogP contribution is 2.43. The minimum atomic E-state index is -0.644. The van der Waals surface area contributed by atoms with E-state index < -0.39 is 6.10 Å². The van der Waals surface area contributed by atoms with Crippen LogP contribution in [0.1, 0.15) is 17.9 Å². The molecule has 0 spiro atoms. The Morgan fingerprint density at radius 2 is 1.83 bits per heavy atom. The van der Waals surface area contributed by atoms with Crippen molar-refractivity contribution in [3.05, 3.63) is 58.0 Å². The maximum absolute atomic E-state index is 13.4. The minimum absolute atomic E-state index is 0.267. The molecule has 0 saturated carbocycles. The second kappa shape index (κ2) is 8.08. The van der Waals surface area contributed by atoms with Crippen molar-refractivity contribution in [3.8, 4) is 22.8 Å². The summed E-state index contributed by atoms with van der Waals surface area (Å²) < 4.78 is 30.6. The number of benzene rings is 2. The van der Waals surface area contributed by atoms with Crippen LogP contribution in [0.4, 0.5) is 4.39 Å². The SMILES string of the molecule is COc1cc(OC)c2c(=O)cc(-c3ccc(F)cc3)oc2c1[C@@H]1CCN(C)C[C@H]1O. The largest absolute Gasteiger partial charge is 0.496 e. The number of piperidine rings is 1. The van der Waals surface area contributed by atoms with Gasteiger partial charge in [-0.05, 0) is 44.3 Å². The Labute approximate surface area is 173 Å². The summed E-state index contributed by atoms with van der Waals surface area (Å²) in [7, 11) is 4.97. The van der Waals surface area contributed by atoms with Crippen LogP contribution in [0.5, 0.6) is 11.5 Å². The molecule has 1 saturated heterocycles. The molecular formula is C23H24FNO5. The first-order chi connectivity index (χ1) is 14.4. The molecule has 4 rings (SSSR count). The molecule has 2 heterocycles. The van der Waals surface area contributed by atoms with E-state index in [0.29, 0.717) is 52.3 Å². The first-order valence-electron chi connectivity index (χ1n) is 9.78. The van der Waals surface area contributed by atoms with Crippen LogP contribution in [0, 0.1) is 5.82 Å². The van der Waals surface area contributed by atoms with Crippen LogP contribution in [-0.2, 0) is 0 Å². The fourth-order valence-corrected chi connectivity index (χ4v) is 4.16. The van der Waals surface area contributed by atoms with Crippen molar-refractivity contribution < 1.29 is 23.4 Å². The molecule has 2 atom stereocenters. The number of aliphatic hydroxyl groups excluding tert-OH is 1. The van der Waals surface area contributed by atoms with Crippen LogP contribution in [0.15, 0.2) is 45.6 Å². The lowest BCUT2D eigenvalue weighted by Crippen LogP contribution is -2.40. The quantitative estimate of drug-likeness (QED) is 0.707. The van der Waals surface area contributed by atoms with Crippen molar-refractivity contribution in [1.82, 2.24) is 4.90 Å². The molecule has 3 aromatic rings. The number of hydrogen-bond donors (Lipinski definition) is 1. The first kappa shape index (κ1) is 20.4. The standard InChI is InChI=1S/C23H24FNO5/c1-25-9-8-15(17(27)12-25)21-19(28-2)11-20(29-3)22-16(26)10-18(30-23(21)22)13-4-6-14(24)7-5-13/h4-7,10-11,15,17,27H,8-9,12H2,1-3H3/t15-,17-/m1/s1. The Kier molecular flexibility index (Phi) is 5.49. The number of fused-ring (bicyclic) bond motifs is 1. The Bertz CT molecular complexity index is 1130. The van der Waals surface area contributed by atoms with Crippen LogP contribution in [0.3, 0.4) is 0 Å². The fourth-order valence-electron chi connectivity index (χ4n) is 4.16. The summed E-state index contributed by atoms with van der Waals surface area (Å²) >= 11 is 0. The number of ether oxygens (including phenoxy) is 2. The zero-order valence-electron chi connectivity index (χ0n) is 17.1. The number of methoxy groups -OCH3 is 2. The lowest BCUT2D eigenvalue weighted by molar-refractivity contribution is 0.0630. The summed E-state index contributed by atoms with van der Waals surface area (Å²) in [6, 6.07) is 8.78. The summed E-state index contributed by atoms with van der Waals surface area (Å²) in [6.45, 7) is 1.30. The zero-order valence-corrected chi connectivity index (χ0v) is 17.1. The number of nitrogens with zero attached hydrogens (tertiary/aromatic N) is 1. The smallest absolute Gasteiger partial charge is 0.197 e. The average molecular weight is 413 g/mol. The van der Waals surface area contributed by atoms with Gasteiger partial charge in [0.05, 0.1) is 20.3 Å². The van der Waals surface area contributed by atoms with Crippen molar-refractivity contribution in [1.29, 1.82) is 0 Å². The molecule has 30 heavy (non-hydrogen) atoms. The second-order valence-electron chi connectivity index (χ2n) is 7.61. The lowest BCUT2D eigenvalue weighted by Gasteiger charge is -2.34. The molecule has 0 amide bonds. The number of aliphatic hydroxyl groups is 1. The predicted octanol–water partition coefficient (Wildman–Crippen LogP) is 3.40. The van der Waals surface area contributed by atoms with E-state index in [1.165, 1.54) is 32.4 Å². The lowest BCUT2D eigenvalue weighted by atomic mass is 9.85. The molecule has 1 N–H and O–H groups in total. The second-order valence-corrected chi connectivity index (χ2v) is 7.61. The van der Waals surface area contributed by atoms with E-state index in [-0.39, 0.29) is 17.2 Å². The Balaban J connectivity index is 2.01. The van der Waals surface area contributed by atoms with Gasteiger partial charge in [0, 0.05) is 35.7 Å². The third-order valence-electron chi connectivity index (χ3n) is 5.69. The highest BCUT2D eigenvalue weighted by molar-refractivity contribution is 5.90. The van der Waals surface area contributed by atoms with Crippen molar-refractivity contribution >= 4 is 11.0 Å². The van der Waals surface area contributed by atoms with E-state index in [1.807, 2.05) is 7.05 Å². The van der Waals surface area contributed by atoms with E-state index in [2.05, 4.69) is 4.90 Å². The molecule has 1 aliphatic rings. The molecule has 0 unspecified atom stereocenters. The third kappa shape index (κ3) is 3.55. The topological polar surface area (TPSA) is 72.1 Å². The van der Waals surface area contributed by atoms with Gasteiger partial charge in [-0.25, -0.2) is 4.39 Å². The van der Waals surface area contributed by atoms with E-state index in [9.17, 15) is 14.3 Å². The van der Waals surface area contributed by atoms with E-state index in [4.69, 9.17) is 13.9 Å². The maximum atomic E-state index is 13.4. The molecule has 1 fully saturated rings. The predicted molar refractivity (Wildman–Crippen MR) is 112 cm³/mol. The highest BCUT2D eigenvalue weighted by atomic mass is 19.1. The van der Waals surface area contributed by atoms with Crippen LogP contribution < -0.4 is 14.9 Å². The number of halogens is 1. The Morgan fingerprint density at radius 3 is 2.47 bits per heavy atom. The fraction of sp³-hybridized carbons (Fsp3) is 0.348. The molecular weight excluding hydrogens is 389 g/mol. The summed E-state index contributed by atoms with van der Waals surface area (Å²) in [4.78, 5) is 15.1. The summed E-state index contributed by atoms with van der Waals surface area (Å²) in [5.74, 6) is 0.503. The summed E-state index contributed by atoms with van der Waals surface area (Å²) in [5.41, 5.74) is 1.27. The molecule has 0 radical (unpaired) electrons. The van der Waals surface area contributed by atoms with Gasteiger partial charge in [-0.3, -0.25) is 4.79 Å². The molecule has 158 valence electrons. The van der Waals surface area contributed by atoms with E-state index in [1.54, 1.807) is 18.2 Å². The molecule has 6 nitrogen and oxygen atoms in total. The Morgan fingerprint density at radius 1 is 1.13 bits per heavy atom. The van der Waals surface area contributed by atoms with Crippen LogP contribution >= 0.6 is 0 Å². The number of β-amino-alcohol motifs (C(OH)–C–C–N with tert-alkyl or cyclic N) is 1. The van der Waals surface area contributed by atoms with Gasteiger partial charge in [0.1, 0.15) is 34.0 Å². The van der Waals surface area contributed by atoms with Crippen LogP contribution in [0.2, 0.25) is 0 Å². The van der Waals surface area contributed by atoms with Gasteiger partial charge in [-0.1, -0.05) is 0 Å². The Hall–Kier alpha value is -2.90. The molecule has 7 heteroatoms. The van der Waals surface area contributed by atoms with Crippen LogP contribution in [-0.4, -0.2) is 50.5 Å². The molecule has 0 bridgehead atoms. The van der Waals surface area contributed by atoms with Crippen LogP contribution in [0.25, 0.3) is 22.3 Å². The first-order valence-corrected chi connectivity index (χ1v) is 9.78. The van der Waals surface area contributed by atoms with Crippen molar-refractivity contribution in [2.45, 2.75) is 18.4 Å². The zero-order chi connectivity index (χ0) is 21.4. The third-order valence-corrected chi connectivity index (χ3v) is 5.69. The van der Waals surface area contributed by atoms with Crippen molar-refractivity contribution in [3.63, 3.8) is 0 Å².